The summed E-state index contributed by atoms with van der Waals surface area (Å²) in [6.45, 7) is 1.91. The third kappa shape index (κ3) is 5.00. The maximum Gasteiger partial charge on any atom is 0.416 e. The minimum atomic E-state index is -4.42. The van der Waals surface area contributed by atoms with Gasteiger partial charge < -0.3 is 10.0 Å². The van der Waals surface area contributed by atoms with Crippen LogP contribution in [0.2, 0.25) is 0 Å². The number of carbonyl (C=O) groups excluding carboxylic acids is 1. The number of piperidine rings is 1. The van der Waals surface area contributed by atoms with Gasteiger partial charge in [-0.05, 0) is 43.5 Å². The molecule has 1 aliphatic rings. The first kappa shape index (κ1) is 20.6. The topological polar surface area (TPSA) is 40.5 Å². The summed E-state index contributed by atoms with van der Waals surface area (Å²) in [5, 5.41) is 10.9. The Kier molecular flexibility index (Phi) is 6.20. The fraction of sp³-hybridized carbons (Fsp3) is 0.409. The van der Waals surface area contributed by atoms with E-state index in [9.17, 15) is 23.1 Å². The number of likely N-dealkylation sites (tertiary alicyclic amines) is 1. The van der Waals surface area contributed by atoms with E-state index in [0.717, 1.165) is 25.1 Å². The van der Waals surface area contributed by atoms with Crippen LogP contribution in [0, 0.1) is 0 Å². The van der Waals surface area contributed by atoms with Crippen LogP contribution in [0.5, 0.6) is 0 Å². The number of nitrogens with zero attached hydrogens (tertiary/aromatic N) is 1. The highest BCUT2D eigenvalue weighted by molar-refractivity contribution is 5.95. The monoisotopic (exact) mass is 391 g/mol. The summed E-state index contributed by atoms with van der Waals surface area (Å²) >= 11 is 0. The largest absolute Gasteiger partial charge is 0.416 e. The Balaban J connectivity index is 1.51. The van der Waals surface area contributed by atoms with Crippen LogP contribution < -0.4 is 0 Å². The molecule has 3 nitrogen and oxygen atoms in total. The Morgan fingerprint density at radius 2 is 1.71 bits per heavy atom. The van der Waals surface area contributed by atoms with Gasteiger partial charge in [0.25, 0.3) is 0 Å². The lowest BCUT2D eigenvalue weighted by molar-refractivity contribution is -0.137. The Morgan fingerprint density at radius 3 is 2.36 bits per heavy atom. The molecule has 0 atom stereocenters. The summed E-state index contributed by atoms with van der Waals surface area (Å²) in [5.74, 6) is 0.109. The van der Waals surface area contributed by atoms with Gasteiger partial charge in [0.2, 0.25) is 0 Å². The van der Waals surface area contributed by atoms with E-state index in [0.29, 0.717) is 43.5 Å². The molecule has 0 spiro atoms. The van der Waals surface area contributed by atoms with E-state index < -0.39 is 17.3 Å². The van der Waals surface area contributed by atoms with Crippen LogP contribution in [-0.2, 0) is 11.8 Å². The lowest BCUT2D eigenvalue weighted by atomic mass is 9.83. The lowest BCUT2D eigenvalue weighted by Gasteiger charge is -2.38. The van der Waals surface area contributed by atoms with Crippen LogP contribution in [0.25, 0.3) is 0 Å². The van der Waals surface area contributed by atoms with E-state index in [1.807, 2.05) is 18.2 Å². The molecule has 1 saturated heterocycles. The summed E-state index contributed by atoms with van der Waals surface area (Å²) in [4.78, 5) is 14.3. The van der Waals surface area contributed by atoms with Gasteiger partial charge in [-0.25, -0.2) is 0 Å². The number of ketones is 1. The van der Waals surface area contributed by atoms with E-state index in [1.165, 1.54) is 6.07 Å². The van der Waals surface area contributed by atoms with Gasteiger partial charge in [0.1, 0.15) is 0 Å². The van der Waals surface area contributed by atoms with E-state index in [4.69, 9.17) is 0 Å². The number of hydrogen-bond acceptors (Lipinski definition) is 3. The number of Topliss-reactive ketones (excluding diaryl/α,β-unsaturated/α-hetero) is 1. The van der Waals surface area contributed by atoms with Crippen LogP contribution in [0.1, 0.15) is 47.2 Å². The first-order valence-electron chi connectivity index (χ1n) is 9.49. The minimum absolute atomic E-state index is 0.109. The minimum Gasteiger partial charge on any atom is -0.385 e. The van der Waals surface area contributed by atoms with Crippen molar-refractivity contribution in [3.63, 3.8) is 0 Å². The van der Waals surface area contributed by atoms with Gasteiger partial charge >= 0.3 is 6.18 Å². The molecule has 1 heterocycles. The van der Waals surface area contributed by atoms with E-state index in [-0.39, 0.29) is 5.78 Å². The number of aliphatic hydroxyl groups is 1. The summed E-state index contributed by atoms with van der Waals surface area (Å²) in [6, 6.07) is 14.1. The van der Waals surface area contributed by atoms with Crippen molar-refractivity contribution < 1.29 is 23.1 Å². The van der Waals surface area contributed by atoms with Gasteiger partial charge in [-0.15, -0.1) is 0 Å². The molecule has 3 rings (SSSR count). The molecule has 0 radical (unpaired) electrons. The van der Waals surface area contributed by atoms with Gasteiger partial charge in [-0.2, -0.15) is 13.2 Å². The fourth-order valence-electron chi connectivity index (χ4n) is 3.65. The number of hydrogen-bond donors (Lipinski definition) is 1. The second-order valence-electron chi connectivity index (χ2n) is 7.34. The summed E-state index contributed by atoms with van der Waals surface area (Å²) in [6.07, 6.45) is -2.49. The number of alkyl halides is 3. The van der Waals surface area contributed by atoms with E-state index in [2.05, 4.69) is 4.90 Å². The second kappa shape index (κ2) is 8.45. The van der Waals surface area contributed by atoms with Crippen molar-refractivity contribution in [3.8, 4) is 0 Å². The van der Waals surface area contributed by atoms with Crippen molar-refractivity contribution in [3.05, 3.63) is 71.3 Å². The third-order valence-electron chi connectivity index (χ3n) is 5.38. The highest BCUT2D eigenvalue weighted by Crippen LogP contribution is 2.36. The van der Waals surface area contributed by atoms with Crippen LogP contribution in [0.3, 0.4) is 0 Å². The zero-order valence-electron chi connectivity index (χ0n) is 15.6. The molecule has 0 aliphatic carbocycles. The van der Waals surface area contributed by atoms with Crippen LogP contribution in [0.4, 0.5) is 13.2 Å². The van der Waals surface area contributed by atoms with Gasteiger partial charge in [0, 0.05) is 25.1 Å². The van der Waals surface area contributed by atoms with Gasteiger partial charge in [-0.3, -0.25) is 4.79 Å². The molecular formula is C22H24F3NO2. The average molecular weight is 391 g/mol. The van der Waals surface area contributed by atoms with Crippen LogP contribution in [0.15, 0.2) is 54.6 Å². The summed E-state index contributed by atoms with van der Waals surface area (Å²) < 4.78 is 38.8. The number of carbonyl (C=O) groups is 1. The van der Waals surface area contributed by atoms with Gasteiger partial charge in [0.05, 0.1) is 11.2 Å². The maximum absolute atomic E-state index is 12.9. The molecule has 0 amide bonds. The quantitative estimate of drug-likeness (QED) is 0.729. The molecule has 1 fully saturated rings. The molecule has 2 aromatic carbocycles. The SMILES string of the molecule is O=C(CCCN1CCC(O)(c2cccc(C(F)(F)F)c2)CC1)c1ccccc1. The van der Waals surface area contributed by atoms with Crippen LogP contribution >= 0.6 is 0 Å². The summed E-state index contributed by atoms with van der Waals surface area (Å²) in [7, 11) is 0. The van der Waals surface area contributed by atoms with E-state index >= 15 is 0 Å². The first-order chi connectivity index (χ1) is 13.3. The number of halogens is 3. The second-order valence-corrected chi connectivity index (χ2v) is 7.34. The standard InChI is InChI=1S/C22H24F3NO2/c23-22(24,25)19-9-4-8-18(16-19)21(28)11-14-26(15-12-21)13-5-10-20(27)17-6-2-1-3-7-17/h1-4,6-9,16,28H,5,10-15H2. The molecule has 28 heavy (non-hydrogen) atoms. The highest BCUT2D eigenvalue weighted by Gasteiger charge is 2.36. The first-order valence-corrected chi connectivity index (χ1v) is 9.49. The molecular weight excluding hydrogens is 367 g/mol. The average Bonchev–Trinajstić information content (AvgIpc) is 2.70. The molecule has 2 aromatic rings. The molecule has 0 saturated carbocycles. The zero-order valence-corrected chi connectivity index (χ0v) is 15.6. The lowest BCUT2D eigenvalue weighted by Crippen LogP contribution is -2.43. The fourth-order valence-corrected chi connectivity index (χ4v) is 3.65. The number of benzene rings is 2. The summed E-state index contributed by atoms with van der Waals surface area (Å²) in [5.41, 5.74) is -0.945. The Bertz CT molecular complexity index is 797. The Labute approximate surface area is 162 Å². The van der Waals surface area contributed by atoms with Crippen LogP contribution in [-0.4, -0.2) is 35.4 Å². The van der Waals surface area contributed by atoms with Gasteiger partial charge in [-0.1, -0.05) is 42.5 Å². The normalized spacial score (nSPS) is 17.4. The van der Waals surface area contributed by atoms with E-state index in [1.54, 1.807) is 18.2 Å². The molecule has 0 bridgehead atoms. The van der Waals surface area contributed by atoms with Crippen molar-refractivity contribution in [2.24, 2.45) is 0 Å². The third-order valence-corrected chi connectivity index (χ3v) is 5.38. The molecule has 1 aliphatic heterocycles. The molecule has 6 heteroatoms. The molecule has 0 aromatic heterocycles. The number of rotatable bonds is 6. The zero-order chi connectivity index (χ0) is 20.2. The van der Waals surface area contributed by atoms with Crippen molar-refractivity contribution in [1.82, 2.24) is 4.90 Å². The molecule has 150 valence electrons. The van der Waals surface area contributed by atoms with Crippen molar-refractivity contribution in [2.75, 3.05) is 19.6 Å². The van der Waals surface area contributed by atoms with Crippen molar-refractivity contribution >= 4 is 5.78 Å². The Morgan fingerprint density at radius 1 is 1.04 bits per heavy atom. The predicted molar refractivity (Wildman–Crippen MR) is 101 cm³/mol. The smallest absolute Gasteiger partial charge is 0.385 e. The van der Waals surface area contributed by atoms with Gasteiger partial charge in [0.15, 0.2) is 5.78 Å². The Hall–Kier alpha value is -2.18. The predicted octanol–water partition coefficient (Wildman–Crippen LogP) is 4.65. The molecule has 0 unspecified atom stereocenters. The maximum atomic E-state index is 12.9. The highest BCUT2D eigenvalue weighted by atomic mass is 19.4. The van der Waals surface area contributed by atoms with Crippen molar-refractivity contribution in [1.29, 1.82) is 0 Å². The molecule has 1 N–H and O–H groups in total. The van der Waals surface area contributed by atoms with Crippen molar-refractivity contribution in [2.45, 2.75) is 37.5 Å².